The molecule has 0 aromatic heterocycles. The Morgan fingerprint density at radius 1 is 0.679 bits per heavy atom. The van der Waals surface area contributed by atoms with Gasteiger partial charge in [-0.2, -0.15) is 0 Å². The van der Waals surface area contributed by atoms with Crippen LogP contribution in [0, 0.1) is 0 Å². The van der Waals surface area contributed by atoms with E-state index in [-0.39, 0.29) is 0 Å². The molecule has 28 heavy (non-hydrogen) atoms. The van der Waals surface area contributed by atoms with Gasteiger partial charge in [0.05, 0.1) is 6.61 Å². The topological polar surface area (TPSA) is 36.9 Å². The molecule has 0 spiro atoms. The number of rotatable bonds is 23. The summed E-state index contributed by atoms with van der Waals surface area (Å²) in [6.45, 7) is 8.35. The fourth-order valence-electron chi connectivity index (χ4n) is 3.36. The minimum absolute atomic E-state index is 0.497. The fourth-order valence-corrected chi connectivity index (χ4v) is 5.37. The largest absolute Gasteiger partial charge is 0.500 e. The zero-order chi connectivity index (χ0) is 20.8. The van der Waals surface area contributed by atoms with E-state index in [4.69, 9.17) is 18.0 Å². The molecule has 0 aromatic carbocycles. The Bertz CT molecular complexity index is 322. The molecule has 5 heteroatoms. The van der Waals surface area contributed by atoms with E-state index in [0.29, 0.717) is 6.61 Å². The first-order valence-electron chi connectivity index (χ1n) is 11.7. The SMILES string of the molecule is C=CCO[Si](CCCCCCCCCCOCCCCCCCC)(OC)OC. The van der Waals surface area contributed by atoms with Crippen molar-refractivity contribution in [1.29, 1.82) is 0 Å². The fraction of sp³-hybridized carbons (Fsp3) is 0.913. The lowest BCUT2D eigenvalue weighted by atomic mass is 10.1. The van der Waals surface area contributed by atoms with Crippen LogP contribution in [0.5, 0.6) is 0 Å². The highest BCUT2D eigenvalue weighted by Gasteiger charge is 2.37. The highest BCUT2D eigenvalue weighted by atomic mass is 28.4. The van der Waals surface area contributed by atoms with Gasteiger partial charge in [0.15, 0.2) is 0 Å². The Morgan fingerprint density at radius 3 is 1.61 bits per heavy atom. The number of unbranched alkanes of at least 4 members (excludes halogenated alkanes) is 12. The molecule has 0 N–H and O–H groups in total. The van der Waals surface area contributed by atoms with E-state index in [1.807, 2.05) is 0 Å². The average Bonchev–Trinajstić information content (AvgIpc) is 2.73. The van der Waals surface area contributed by atoms with E-state index in [2.05, 4.69) is 13.5 Å². The molecule has 0 unspecified atom stereocenters. The molecule has 4 nitrogen and oxygen atoms in total. The first-order valence-corrected chi connectivity index (χ1v) is 13.6. The Morgan fingerprint density at radius 2 is 1.14 bits per heavy atom. The molecule has 0 saturated carbocycles. The van der Waals surface area contributed by atoms with Gasteiger partial charge in [-0.3, -0.25) is 0 Å². The molecule has 0 aliphatic rings. The highest BCUT2D eigenvalue weighted by Crippen LogP contribution is 2.19. The smallest absolute Gasteiger partial charge is 0.381 e. The Kier molecular flexibility index (Phi) is 21.3. The summed E-state index contributed by atoms with van der Waals surface area (Å²) in [5.41, 5.74) is 0. The first kappa shape index (κ1) is 27.8. The Labute approximate surface area is 176 Å². The van der Waals surface area contributed by atoms with Crippen molar-refractivity contribution in [2.75, 3.05) is 34.0 Å². The minimum Gasteiger partial charge on any atom is -0.381 e. The van der Waals surface area contributed by atoms with Gasteiger partial charge < -0.3 is 18.0 Å². The van der Waals surface area contributed by atoms with Crippen LogP contribution in [0.3, 0.4) is 0 Å². The lowest BCUT2D eigenvalue weighted by molar-refractivity contribution is 0.109. The average molecular weight is 417 g/mol. The lowest BCUT2D eigenvalue weighted by Gasteiger charge is -2.25. The van der Waals surface area contributed by atoms with E-state index in [0.717, 1.165) is 25.7 Å². The van der Waals surface area contributed by atoms with Gasteiger partial charge in [0.25, 0.3) is 0 Å². The second-order valence-corrected chi connectivity index (χ2v) is 10.6. The summed E-state index contributed by atoms with van der Waals surface area (Å²) in [7, 11) is 0.923. The molecule has 0 aliphatic carbocycles. The zero-order valence-electron chi connectivity index (χ0n) is 19.1. The molecule has 0 fully saturated rings. The predicted octanol–water partition coefficient (Wildman–Crippen LogP) is 6.92. The van der Waals surface area contributed by atoms with Crippen molar-refractivity contribution in [3.05, 3.63) is 12.7 Å². The van der Waals surface area contributed by atoms with Gasteiger partial charge in [-0.25, -0.2) is 0 Å². The number of hydrogen-bond donors (Lipinski definition) is 0. The van der Waals surface area contributed by atoms with E-state index in [1.54, 1.807) is 20.3 Å². The van der Waals surface area contributed by atoms with Crippen LogP contribution in [0.4, 0.5) is 0 Å². The van der Waals surface area contributed by atoms with Crippen LogP contribution in [0.15, 0.2) is 12.7 Å². The normalized spacial score (nSPS) is 11.8. The molecule has 0 atom stereocenters. The summed E-state index contributed by atoms with van der Waals surface area (Å²) < 4.78 is 22.6. The third-order valence-corrected chi connectivity index (χ3v) is 8.02. The molecule has 0 saturated heterocycles. The van der Waals surface area contributed by atoms with Crippen molar-refractivity contribution in [3.63, 3.8) is 0 Å². The third-order valence-electron chi connectivity index (χ3n) is 5.21. The predicted molar refractivity (Wildman–Crippen MR) is 122 cm³/mol. The standard InChI is InChI=1S/C23H48O4Si/c1-5-7-8-9-14-17-21-26-22-18-15-12-10-11-13-16-19-23-28(24-3,25-4)27-20-6-2/h6H,2,5,7-23H2,1,3-4H3. The summed E-state index contributed by atoms with van der Waals surface area (Å²) >= 11 is 0. The Hall–Kier alpha value is -0.203. The van der Waals surface area contributed by atoms with Gasteiger partial charge in [0, 0.05) is 33.5 Å². The van der Waals surface area contributed by atoms with Crippen LogP contribution in [-0.4, -0.2) is 42.8 Å². The van der Waals surface area contributed by atoms with E-state index >= 15 is 0 Å². The summed E-state index contributed by atoms with van der Waals surface area (Å²) in [5.74, 6) is 0. The van der Waals surface area contributed by atoms with Crippen LogP contribution in [0.2, 0.25) is 6.04 Å². The van der Waals surface area contributed by atoms with Crippen LogP contribution in [0.25, 0.3) is 0 Å². The molecular weight excluding hydrogens is 368 g/mol. The van der Waals surface area contributed by atoms with Crippen LogP contribution >= 0.6 is 0 Å². The molecule has 0 aliphatic heterocycles. The van der Waals surface area contributed by atoms with Crippen molar-refractivity contribution in [2.45, 2.75) is 103 Å². The number of ether oxygens (including phenoxy) is 1. The van der Waals surface area contributed by atoms with Gasteiger partial charge in [0.1, 0.15) is 0 Å². The third kappa shape index (κ3) is 16.7. The summed E-state index contributed by atoms with van der Waals surface area (Å²) in [5, 5.41) is 0. The van der Waals surface area contributed by atoms with E-state index < -0.39 is 8.80 Å². The van der Waals surface area contributed by atoms with E-state index in [1.165, 1.54) is 83.5 Å². The Balaban J connectivity index is 3.34. The first-order chi connectivity index (χ1) is 13.7. The summed E-state index contributed by atoms with van der Waals surface area (Å²) in [4.78, 5) is 0. The molecule has 0 amide bonds. The van der Waals surface area contributed by atoms with Crippen molar-refractivity contribution < 1.29 is 18.0 Å². The highest BCUT2D eigenvalue weighted by molar-refractivity contribution is 6.60. The molecular formula is C23H48O4Si. The maximum absolute atomic E-state index is 5.77. The van der Waals surface area contributed by atoms with Crippen molar-refractivity contribution >= 4 is 8.80 Å². The van der Waals surface area contributed by atoms with Crippen molar-refractivity contribution in [1.82, 2.24) is 0 Å². The second-order valence-electron chi connectivity index (χ2n) is 7.65. The van der Waals surface area contributed by atoms with Crippen LogP contribution in [-0.2, 0) is 18.0 Å². The molecule has 168 valence electrons. The van der Waals surface area contributed by atoms with Crippen molar-refractivity contribution in [3.8, 4) is 0 Å². The summed E-state index contributed by atoms with van der Waals surface area (Å²) in [6, 6.07) is 0.893. The summed E-state index contributed by atoms with van der Waals surface area (Å²) in [6.07, 6.45) is 19.9. The maximum atomic E-state index is 5.77. The van der Waals surface area contributed by atoms with Gasteiger partial charge in [0.2, 0.25) is 0 Å². The van der Waals surface area contributed by atoms with Gasteiger partial charge in [-0.1, -0.05) is 83.6 Å². The molecule has 0 bridgehead atoms. The van der Waals surface area contributed by atoms with E-state index in [9.17, 15) is 0 Å². The minimum atomic E-state index is -2.46. The van der Waals surface area contributed by atoms with Crippen molar-refractivity contribution in [2.24, 2.45) is 0 Å². The molecule has 0 radical (unpaired) electrons. The van der Waals surface area contributed by atoms with Crippen LogP contribution < -0.4 is 0 Å². The molecule has 0 rings (SSSR count). The lowest BCUT2D eigenvalue weighted by Crippen LogP contribution is -2.43. The number of hydrogen-bond acceptors (Lipinski definition) is 4. The quantitative estimate of drug-likeness (QED) is 0.103. The van der Waals surface area contributed by atoms with Gasteiger partial charge in [-0.15, -0.1) is 6.58 Å². The zero-order valence-corrected chi connectivity index (χ0v) is 20.1. The molecule has 0 aromatic rings. The maximum Gasteiger partial charge on any atom is 0.500 e. The molecule has 0 heterocycles. The monoisotopic (exact) mass is 416 g/mol. The van der Waals surface area contributed by atoms with Gasteiger partial charge >= 0.3 is 8.80 Å². The van der Waals surface area contributed by atoms with Gasteiger partial charge in [-0.05, 0) is 19.3 Å². The second kappa shape index (κ2) is 21.5. The van der Waals surface area contributed by atoms with Crippen LogP contribution in [0.1, 0.15) is 96.8 Å².